The van der Waals surface area contributed by atoms with Crippen molar-refractivity contribution in [3.63, 3.8) is 0 Å². The van der Waals surface area contributed by atoms with E-state index in [-0.39, 0.29) is 11.6 Å². The van der Waals surface area contributed by atoms with Gasteiger partial charge in [-0.3, -0.25) is 9.59 Å². The minimum absolute atomic E-state index is 0.189. The number of aryl methyl sites for hydroxylation is 1. The summed E-state index contributed by atoms with van der Waals surface area (Å²) in [5.74, 6) is -0.459. The molecule has 0 amide bonds. The molecule has 0 saturated heterocycles. The Hall–Kier alpha value is -1.48. The van der Waals surface area contributed by atoms with Crippen molar-refractivity contribution >= 4 is 11.6 Å². The second kappa shape index (κ2) is 5.41. The predicted octanol–water partition coefficient (Wildman–Crippen LogP) is 1.10. The van der Waals surface area contributed by atoms with Crippen molar-refractivity contribution in [2.24, 2.45) is 5.73 Å². The molecule has 3 heteroatoms. The van der Waals surface area contributed by atoms with Gasteiger partial charge in [-0.2, -0.15) is 0 Å². The summed E-state index contributed by atoms with van der Waals surface area (Å²) in [5.41, 5.74) is 6.51. The first-order valence-corrected chi connectivity index (χ1v) is 4.94. The maximum Gasteiger partial charge on any atom is 0.157 e. The van der Waals surface area contributed by atoms with E-state index in [4.69, 9.17) is 5.73 Å². The van der Waals surface area contributed by atoms with Crippen LogP contribution in [0, 0.1) is 0 Å². The quantitative estimate of drug-likeness (QED) is 0.732. The largest absolute Gasteiger partial charge is 0.315 e. The van der Waals surface area contributed by atoms with Gasteiger partial charge in [-0.1, -0.05) is 30.3 Å². The molecule has 3 nitrogen and oxygen atoms in total. The number of rotatable bonds is 5. The van der Waals surface area contributed by atoms with Gasteiger partial charge in [-0.15, -0.1) is 0 Å². The summed E-state index contributed by atoms with van der Waals surface area (Å²) < 4.78 is 0. The smallest absolute Gasteiger partial charge is 0.157 e. The molecule has 0 radical (unpaired) electrons. The number of hydrogen-bond acceptors (Lipinski definition) is 3. The van der Waals surface area contributed by atoms with E-state index in [9.17, 15) is 9.59 Å². The van der Waals surface area contributed by atoms with Crippen LogP contribution in [0.25, 0.3) is 0 Å². The summed E-state index contributed by atoms with van der Waals surface area (Å²) in [5, 5.41) is 0. The SMILES string of the molecule is CC(=O)C(N)C(=O)CCc1ccccc1. The minimum Gasteiger partial charge on any atom is -0.315 e. The van der Waals surface area contributed by atoms with Gasteiger partial charge in [0.15, 0.2) is 11.6 Å². The standard InChI is InChI=1S/C12H15NO2/c1-9(14)12(13)11(15)8-7-10-5-3-2-4-6-10/h2-6,12H,7-8,13H2,1H3. The van der Waals surface area contributed by atoms with Crippen LogP contribution in [0.4, 0.5) is 0 Å². The molecule has 0 aliphatic rings. The lowest BCUT2D eigenvalue weighted by Gasteiger charge is -2.06. The summed E-state index contributed by atoms with van der Waals surface area (Å²) in [6, 6.07) is 8.72. The zero-order chi connectivity index (χ0) is 11.3. The van der Waals surface area contributed by atoms with Gasteiger partial charge in [-0.25, -0.2) is 0 Å². The highest BCUT2D eigenvalue weighted by Crippen LogP contribution is 2.03. The molecule has 1 aromatic carbocycles. The van der Waals surface area contributed by atoms with Gasteiger partial charge in [-0.05, 0) is 18.9 Å². The summed E-state index contributed by atoms with van der Waals surface area (Å²) in [7, 11) is 0. The van der Waals surface area contributed by atoms with Crippen molar-refractivity contribution in [2.45, 2.75) is 25.8 Å². The van der Waals surface area contributed by atoms with Crippen LogP contribution in [-0.2, 0) is 16.0 Å². The van der Waals surface area contributed by atoms with Gasteiger partial charge in [0, 0.05) is 6.42 Å². The summed E-state index contributed by atoms with van der Waals surface area (Å²) >= 11 is 0. The highest BCUT2D eigenvalue weighted by molar-refractivity contribution is 6.05. The Morgan fingerprint density at radius 2 is 1.87 bits per heavy atom. The Kier molecular flexibility index (Phi) is 4.18. The molecule has 0 aromatic heterocycles. The van der Waals surface area contributed by atoms with Crippen LogP contribution in [-0.4, -0.2) is 17.6 Å². The van der Waals surface area contributed by atoms with Crippen LogP contribution in [0.5, 0.6) is 0 Å². The molecular formula is C12H15NO2. The van der Waals surface area contributed by atoms with E-state index < -0.39 is 6.04 Å². The molecule has 80 valence electrons. The van der Waals surface area contributed by atoms with E-state index >= 15 is 0 Å². The second-order valence-electron chi connectivity index (χ2n) is 3.54. The van der Waals surface area contributed by atoms with Crippen molar-refractivity contribution in [3.05, 3.63) is 35.9 Å². The monoisotopic (exact) mass is 205 g/mol. The lowest BCUT2D eigenvalue weighted by atomic mass is 10.0. The zero-order valence-corrected chi connectivity index (χ0v) is 8.77. The first-order chi connectivity index (χ1) is 7.11. The van der Waals surface area contributed by atoms with Crippen molar-refractivity contribution in [2.75, 3.05) is 0 Å². The lowest BCUT2D eigenvalue weighted by molar-refractivity contribution is -0.127. The lowest BCUT2D eigenvalue weighted by Crippen LogP contribution is -2.37. The Morgan fingerprint density at radius 3 is 2.40 bits per heavy atom. The molecule has 0 aliphatic carbocycles. The Labute approximate surface area is 89.3 Å². The third-order valence-electron chi connectivity index (χ3n) is 2.29. The van der Waals surface area contributed by atoms with E-state index in [1.807, 2.05) is 30.3 Å². The fraction of sp³-hybridized carbons (Fsp3) is 0.333. The van der Waals surface area contributed by atoms with E-state index in [1.54, 1.807) is 0 Å². The van der Waals surface area contributed by atoms with Crippen LogP contribution >= 0.6 is 0 Å². The third kappa shape index (κ3) is 3.64. The molecule has 1 rings (SSSR count). The first kappa shape index (κ1) is 11.6. The summed E-state index contributed by atoms with van der Waals surface area (Å²) in [6.07, 6.45) is 0.964. The average Bonchev–Trinajstić information content (AvgIpc) is 2.26. The second-order valence-corrected chi connectivity index (χ2v) is 3.54. The molecule has 0 saturated carbocycles. The molecule has 15 heavy (non-hydrogen) atoms. The van der Waals surface area contributed by atoms with Gasteiger partial charge >= 0.3 is 0 Å². The molecule has 0 bridgehead atoms. The van der Waals surface area contributed by atoms with Gasteiger partial charge in [0.25, 0.3) is 0 Å². The molecule has 0 aliphatic heterocycles. The van der Waals surface area contributed by atoms with Crippen LogP contribution in [0.1, 0.15) is 18.9 Å². The number of Topliss-reactive ketones (excluding diaryl/α,β-unsaturated/α-hetero) is 2. The van der Waals surface area contributed by atoms with Gasteiger partial charge in [0.1, 0.15) is 6.04 Å². The van der Waals surface area contributed by atoms with Gasteiger partial charge in [0.2, 0.25) is 0 Å². The highest BCUT2D eigenvalue weighted by Gasteiger charge is 2.17. The number of nitrogens with two attached hydrogens (primary N) is 1. The summed E-state index contributed by atoms with van der Waals surface area (Å²) in [6.45, 7) is 1.34. The van der Waals surface area contributed by atoms with E-state index in [1.165, 1.54) is 6.92 Å². The fourth-order valence-corrected chi connectivity index (χ4v) is 1.29. The molecule has 0 heterocycles. The first-order valence-electron chi connectivity index (χ1n) is 4.94. The maximum absolute atomic E-state index is 11.4. The molecule has 1 unspecified atom stereocenters. The zero-order valence-electron chi connectivity index (χ0n) is 8.77. The predicted molar refractivity (Wildman–Crippen MR) is 58.4 cm³/mol. The van der Waals surface area contributed by atoms with Crippen LogP contribution < -0.4 is 5.73 Å². The fourth-order valence-electron chi connectivity index (χ4n) is 1.29. The van der Waals surface area contributed by atoms with Gasteiger partial charge < -0.3 is 5.73 Å². The van der Waals surface area contributed by atoms with Crippen molar-refractivity contribution < 1.29 is 9.59 Å². The third-order valence-corrected chi connectivity index (χ3v) is 2.29. The topological polar surface area (TPSA) is 60.2 Å². The van der Waals surface area contributed by atoms with Gasteiger partial charge in [0.05, 0.1) is 0 Å². The summed E-state index contributed by atoms with van der Waals surface area (Å²) in [4.78, 5) is 22.3. The maximum atomic E-state index is 11.4. The Bertz CT molecular complexity index is 346. The molecule has 2 N–H and O–H groups in total. The normalized spacial score (nSPS) is 12.1. The minimum atomic E-state index is -0.950. The van der Waals surface area contributed by atoms with Crippen LogP contribution in [0.2, 0.25) is 0 Å². The van der Waals surface area contributed by atoms with Crippen molar-refractivity contribution in [1.29, 1.82) is 0 Å². The molecule has 0 spiro atoms. The van der Waals surface area contributed by atoms with E-state index in [2.05, 4.69) is 0 Å². The number of carbonyl (C=O) groups is 2. The average molecular weight is 205 g/mol. The number of carbonyl (C=O) groups excluding carboxylic acids is 2. The number of hydrogen-bond donors (Lipinski definition) is 1. The molecule has 1 aromatic rings. The number of ketones is 2. The molecular weight excluding hydrogens is 190 g/mol. The number of benzene rings is 1. The Balaban J connectivity index is 2.44. The van der Waals surface area contributed by atoms with Crippen molar-refractivity contribution in [3.8, 4) is 0 Å². The van der Waals surface area contributed by atoms with E-state index in [0.717, 1.165) is 5.56 Å². The Morgan fingerprint density at radius 1 is 1.27 bits per heavy atom. The van der Waals surface area contributed by atoms with Crippen LogP contribution in [0.3, 0.4) is 0 Å². The van der Waals surface area contributed by atoms with Crippen LogP contribution in [0.15, 0.2) is 30.3 Å². The molecule has 0 fully saturated rings. The van der Waals surface area contributed by atoms with Crippen molar-refractivity contribution in [1.82, 2.24) is 0 Å². The van der Waals surface area contributed by atoms with E-state index in [0.29, 0.717) is 12.8 Å². The molecule has 1 atom stereocenters. The highest BCUT2D eigenvalue weighted by atomic mass is 16.2.